The molecule has 1 aromatic rings. The molecule has 0 N–H and O–H groups in total. The second-order valence-electron chi connectivity index (χ2n) is 2.29. The van der Waals surface area contributed by atoms with E-state index in [1.54, 1.807) is 7.11 Å². The third-order valence-electron chi connectivity index (χ3n) is 1.62. The number of hydrogen-bond donors (Lipinski definition) is 0. The molecule has 1 rings (SSSR count). The van der Waals surface area contributed by atoms with Gasteiger partial charge in [0.2, 0.25) is 0 Å². The van der Waals surface area contributed by atoms with Crippen LogP contribution in [-0.4, -0.2) is 33.3 Å². The summed E-state index contributed by atoms with van der Waals surface area (Å²) in [4.78, 5) is 0. The van der Waals surface area contributed by atoms with Crippen LogP contribution in [0.15, 0.2) is 30.3 Å². The van der Waals surface area contributed by atoms with Gasteiger partial charge in [0, 0.05) is 7.11 Å². The van der Waals surface area contributed by atoms with Crippen molar-refractivity contribution < 1.29 is 4.74 Å². The van der Waals surface area contributed by atoms with Crippen LogP contribution < -0.4 is 0 Å². The average Bonchev–Trinajstić information content (AvgIpc) is 2.05. The van der Waals surface area contributed by atoms with Crippen molar-refractivity contribution in [1.82, 2.24) is 0 Å². The second kappa shape index (κ2) is 5.68. The fourth-order valence-electron chi connectivity index (χ4n) is 0.860. The molecule has 0 saturated carbocycles. The Morgan fingerprint density at radius 1 is 1.18 bits per heavy atom. The molecule has 0 aliphatic heterocycles. The van der Waals surface area contributed by atoms with Gasteiger partial charge in [-0.05, 0) is 12.5 Å². The van der Waals surface area contributed by atoms with Crippen LogP contribution in [0.2, 0.25) is 0 Å². The van der Waals surface area contributed by atoms with Crippen LogP contribution >= 0.6 is 0 Å². The van der Waals surface area contributed by atoms with E-state index >= 15 is 0 Å². The normalized spacial score (nSPS) is 11.8. The molecule has 11 heavy (non-hydrogen) atoms. The molecule has 0 saturated heterocycles. The van der Waals surface area contributed by atoms with E-state index in [-0.39, 0.29) is 32.3 Å². The van der Waals surface area contributed by atoms with Crippen molar-refractivity contribution in [3.05, 3.63) is 35.9 Å². The van der Waals surface area contributed by atoms with Crippen LogP contribution in [0.3, 0.4) is 0 Å². The summed E-state index contributed by atoms with van der Waals surface area (Å²) >= 11 is 0. The topological polar surface area (TPSA) is 9.23 Å². The zero-order valence-electron chi connectivity index (χ0n) is 7.08. The van der Waals surface area contributed by atoms with E-state index in [9.17, 15) is 0 Å². The third-order valence-corrected chi connectivity index (χ3v) is 1.62. The van der Waals surface area contributed by atoms with Gasteiger partial charge in [-0.15, -0.1) is 0 Å². The van der Waals surface area contributed by atoms with Gasteiger partial charge in [0.15, 0.2) is 0 Å². The zero-order valence-corrected chi connectivity index (χ0v) is 12.6. The summed E-state index contributed by atoms with van der Waals surface area (Å²) in [6, 6.07) is 10.2. The maximum absolute atomic E-state index is 5.14. The average molecular weight is 348 g/mol. The van der Waals surface area contributed by atoms with Crippen molar-refractivity contribution in [2.24, 2.45) is 0 Å². The van der Waals surface area contributed by atoms with Crippen LogP contribution in [0.4, 0.5) is 0 Å². The molecule has 1 unspecified atom stereocenters. The summed E-state index contributed by atoms with van der Waals surface area (Å²) in [7, 11) is 1.72. The van der Waals surface area contributed by atoms with E-state index in [4.69, 9.17) is 4.74 Å². The molecule has 62 valence electrons. The van der Waals surface area contributed by atoms with Gasteiger partial charge in [0.25, 0.3) is 0 Å². The predicted molar refractivity (Wildman–Crippen MR) is 51.8 cm³/mol. The summed E-state index contributed by atoms with van der Waals surface area (Å²) in [6.07, 6.45) is 0.209. The molecule has 0 heterocycles. The summed E-state index contributed by atoms with van der Waals surface area (Å²) in [6.45, 7) is 2.04. The van der Waals surface area contributed by atoms with E-state index in [2.05, 4.69) is 12.1 Å². The fourth-order valence-corrected chi connectivity index (χ4v) is 0.860. The van der Waals surface area contributed by atoms with Gasteiger partial charge < -0.3 is 4.74 Å². The quantitative estimate of drug-likeness (QED) is 0.731. The molecule has 0 aliphatic carbocycles. The first-order chi connectivity index (χ1) is 4.84. The monoisotopic (exact) mass is 348 g/mol. The Kier molecular flexibility index (Phi) is 5.71. The molecule has 0 spiro atoms. The number of rotatable bonds is 2. The summed E-state index contributed by atoms with van der Waals surface area (Å²) in [5, 5.41) is 0. The van der Waals surface area contributed by atoms with E-state index < -0.39 is 0 Å². The molecular formula is C9H15BiO. The molecule has 1 aromatic carbocycles. The van der Waals surface area contributed by atoms with E-state index in [1.807, 2.05) is 25.1 Å². The number of methoxy groups -OCH3 is 1. The number of ether oxygens (including phenoxy) is 1. The Hall–Kier alpha value is 0.0631. The number of benzene rings is 1. The second-order valence-corrected chi connectivity index (χ2v) is 2.29. The zero-order chi connectivity index (χ0) is 7.40. The van der Waals surface area contributed by atoms with Gasteiger partial charge in [-0.2, -0.15) is 0 Å². The molecule has 0 fully saturated rings. The van der Waals surface area contributed by atoms with Crippen molar-refractivity contribution in [3.63, 3.8) is 0 Å². The summed E-state index contributed by atoms with van der Waals surface area (Å²) in [5.74, 6) is 0. The Morgan fingerprint density at radius 3 is 2.18 bits per heavy atom. The minimum atomic E-state index is 0. The van der Waals surface area contributed by atoms with Gasteiger partial charge in [0.05, 0.1) is 6.10 Å². The Balaban J connectivity index is 0.000001000. The first-order valence-electron chi connectivity index (χ1n) is 3.42. The van der Waals surface area contributed by atoms with Gasteiger partial charge in [0.1, 0.15) is 0 Å². The van der Waals surface area contributed by atoms with E-state index in [0.717, 1.165) is 0 Å². The van der Waals surface area contributed by atoms with E-state index in [1.165, 1.54) is 5.56 Å². The van der Waals surface area contributed by atoms with Crippen LogP contribution in [0.25, 0.3) is 0 Å². The minimum absolute atomic E-state index is 0. The van der Waals surface area contributed by atoms with Crippen LogP contribution in [0, 0.1) is 0 Å². The summed E-state index contributed by atoms with van der Waals surface area (Å²) in [5.41, 5.74) is 1.23. The standard InChI is InChI=1S/C9H12O.Bi.3H/c1-8(10-2)9-6-4-3-5-7-9;;;;/h3-8H,1-2H3;;;;. The van der Waals surface area contributed by atoms with Gasteiger partial charge in [-0.3, -0.25) is 0 Å². The molecule has 0 amide bonds. The van der Waals surface area contributed by atoms with Gasteiger partial charge in [-0.1, -0.05) is 30.3 Å². The van der Waals surface area contributed by atoms with Crippen molar-refractivity contribution in [3.8, 4) is 0 Å². The van der Waals surface area contributed by atoms with Crippen molar-refractivity contribution >= 4 is 26.2 Å². The molecule has 1 atom stereocenters. The predicted octanol–water partition coefficient (Wildman–Crippen LogP) is 1.21. The van der Waals surface area contributed by atoms with Crippen LogP contribution in [-0.2, 0) is 4.74 Å². The summed E-state index contributed by atoms with van der Waals surface area (Å²) < 4.78 is 5.14. The van der Waals surface area contributed by atoms with Gasteiger partial charge in [-0.25, -0.2) is 0 Å². The Bertz CT molecular complexity index is 186. The molecule has 2 heteroatoms. The Morgan fingerprint density at radius 2 is 1.73 bits per heavy atom. The first-order valence-corrected chi connectivity index (χ1v) is 3.42. The van der Waals surface area contributed by atoms with Gasteiger partial charge >= 0.3 is 26.2 Å². The SMILES string of the molecule is COC(C)c1ccccc1.[BiH3]. The molecule has 0 aliphatic rings. The fraction of sp³-hybridized carbons (Fsp3) is 0.333. The third kappa shape index (κ3) is 3.31. The molecule has 0 bridgehead atoms. The molecular weight excluding hydrogens is 333 g/mol. The maximum atomic E-state index is 5.14. The Labute approximate surface area is 86.9 Å². The van der Waals surface area contributed by atoms with Crippen molar-refractivity contribution in [2.75, 3.05) is 7.11 Å². The van der Waals surface area contributed by atoms with E-state index in [0.29, 0.717) is 0 Å². The number of hydrogen-bond acceptors (Lipinski definition) is 1. The van der Waals surface area contributed by atoms with Crippen LogP contribution in [0.1, 0.15) is 18.6 Å². The van der Waals surface area contributed by atoms with Crippen LogP contribution in [0.5, 0.6) is 0 Å². The molecule has 0 radical (unpaired) electrons. The van der Waals surface area contributed by atoms with Crippen molar-refractivity contribution in [1.29, 1.82) is 0 Å². The van der Waals surface area contributed by atoms with Crippen molar-refractivity contribution in [2.45, 2.75) is 13.0 Å². The first kappa shape index (κ1) is 11.1. The molecule has 1 nitrogen and oxygen atoms in total. The molecule has 0 aromatic heterocycles.